The quantitative estimate of drug-likeness (QED) is 0.711. The smallest absolute Gasteiger partial charge is 0.224 e. The molecule has 0 saturated heterocycles. The summed E-state index contributed by atoms with van der Waals surface area (Å²) in [5.41, 5.74) is 2.91. The zero-order valence-corrected chi connectivity index (χ0v) is 15.0. The Kier molecular flexibility index (Phi) is 5.69. The molecule has 5 nitrogen and oxygen atoms in total. The molecule has 5 heteroatoms. The predicted octanol–water partition coefficient (Wildman–Crippen LogP) is 3.15. The highest BCUT2D eigenvalue weighted by molar-refractivity contribution is 5.82. The fraction of sp³-hybridized carbons (Fsp3) is 0.238. The number of ether oxygens (including phenoxy) is 2. The number of amides is 1. The Labute approximate surface area is 153 Å². The molecular weight excluding hydrogens is 328 g/mol. The van der Waals surface area contributed by atoms with E-state index in [-0.39, 0.29) is 12.3 Å². The van der Waals surface area contributed by atoms with E-state index in [1.54, 1.807) is 20.4 Å². The van der Waals surface area contributed by atoms with E-state index in [2.05, 4.69) is 10.3 Å². The van der Waals surface area contributed by atoms with Crippen LogP contribution in [-0.4, -0.2) is 31.7 Å². The molecule has 0 aliphatic carbocycles. The van der Waals surface area contributed by atoms with Crippen LogP contribution in [0.25, 0.3) is 10.9 Å². The SMILES string of the molecule is COc1ccc(OC)c(CC(=O)NCCc2cccc3cccnc23)c1. The van der Waals surface area contributed by atoms with Gasteiger partial charge in [0.15, 0.2) is 0 Å². The van der Waals surface area contributed by atoms with Crippen LogP contribution < -0.4 is 14.8 Å². The summed E-state index contributed by atoms with van der Waals surface area (Å²) >= 11 is 0. The van der Waals surface area contributed by atoms with Gasteiger partial charge in [0.1, 0.15) is 11.5 Å². The van der Waals surface area contributed by atoms with Gasteiger partial charge in [-0.2, -0.15) is 0 Å². The molecule has 0 atom stereocenters. The number of nitrogens with one attached hydrogen (secondary N) is 1. The number of benzene rings is 2. The van der Waals surface area contributed by atoms with Crippen molar-refractivity contribution in [3.63, 3.8) is 0 Å². The number of para-hydroxylation sites is 1. The molecule has 134 valence electrons. The summed E-state index contributed by atoms with van der Waals surface area (Å²) in [6.45, 7) is 0.556. The van der Waals surface area contributed by atoms with Crippen LogP contribution in [0, 0.1) is 0 Å². The van der Waals surface area contributed by atoms with E-state index in [1.165, 1.54) is 0 Å². The van der Waals surface area contributed by atoms with Gasteiger partial charge >= 0.3 is 0 Å². The molecule has 0 aliphatic heterocycles. The molecular formula is C21H22N2O3. The number of carbonyl (C=O) groups is 1. The first kappa shape index (κ1) is 17.7. The molecule has 3 rings (SSSR count). The van der Waals surface area contributed by atoms with Gasteiger partial charge in [-0.25, -0.2) is 0 Å². The van der Waals surface area contributed by atoms with Gasteiger partial charge in [-0.3, -0.25) is 9.78 Å². The Balaban J connectivity index is 1.61. The number of pyridine rings is 1. The zero-order valence-electron chi connectivity index (χ0n) is 15.0. The molecule has 2 aromatic carbocycles. The van der Waals surface area contributed by atoms with E-state index in [0.717, 1.165) is 28.5 Å². The second-order valence-electron chi connectivity index (χ2n) is 5.95. The van der Waals surface area contributed by atoms with Gasteiger partial charge in [-0.1, -0.05) is 24.3 Å². The van der Waals surface area contributed by atoms with Crippen LogP contribution >= 0.6 is 0 Å². The summed E-state index contributed by atoms with van der Waals surface area (Å²) < 4.78 is 10.5. The Morgan fingerprint density at radius 3 is 2.69 bits per heavy atom. The summed E-state index contributed by atoms with van der Waals surface area (Å²) in [4.78, 5) is 16.8. The minimum absolute atomic E-state index is 0.0512. The van der Waals surface area contributed by atoms with Crippen LogP contribution in [0.2, 0.25) is 0 Å². The first-order chi connectivity index (χ1) is 12.7. The number of methoxy groups -OCH3 is 2. The molecule has 1 aromatic heterocycles. The summed E-state index contributed by atoms with van der Waals surface area (Å²) in [5.74, 6) is 1.33. The Morgan fingerprint density at radius 2 is 1.88 bits per heavy atom. The van der Waals surface area contributed by atoms with Crippen molar-refractivity contribution in [2.24, 2.45) is 0 Å². The van der Waals surface area contributed by atoms with Gasteiger partial charge in [0.25, 0.3) is 0 Å². The molecule has 3 aromatic rings. The molecule has 1 N–H and O–H groups in total. The first-order valence-corrected chi connectivity index (χ1v) is 8.51. The topological polar surface area (TPSA) is 60.5 Å². The fourth-order valence-electron chi connectivity index (χ4n) is 2.96. The first-order valence-electron chi connectivity index (χ1n) is 8.51. The van der Waals surface area contributed by atoms with Crippen molar-refractivity contribution in [3.8, 4) is 11.5 Å². The lowest BCUT2D eigenvalue weighted by atomic mass is 10.1. The van der Waals surface area contributed by atoms with Crippen molar-refractivity contribution in [3.05, 3.63) is 65.9 Å². The van der Waals surface area contributed by atoms with E-state index in [0.29, 0.717) is 18.0 Å². The van der Waals surface area contributed by atoms with Crippen LogP contribution in [0.4, 0.5) is 0 Å². The minimum Gasteiger partial charge on any atom is -0.497 e. The number of carbonyl (C=O) groups excluding carboxylic acids is 1. The number of rotatable bonds is 7. The van der Waals surface area contributed by atoms with Crippen molar-refractivity contribution in [2.75, 3.05) is 20.8 Å². The van der Waals surface area contributed by atoms with Gasteiger partial charge in [0.2, 0.25) is 5.91 Å². The second-order valence-corrected chi connectivity index (χ2v) is 5.95. The Bertz CT molecular complexity index is 903. The highest BCUT2D eigenvalue weighted by atomic mass is 16.5. The van der Waals surface area contributed by atoms with E-state index in [9.17, 15) is 4.79 Å². The molecule has 0 unspecified atom stereocenters. The third kappa shape index (κ3) is 4.11. The van der Waals surface area contributed by atoms with Crippen molar-refractivity contribution in [1.29, 1.82) is 0 Å². The third-order valence-electron chi connectivity index (χ3n) is 4.27. The molecule has 1 heterocycles. The number of hydrogen-bond donors (Lipinski definition) is 1. The van der Waals surface area contributed by atoms with Gasteiger partial charge < -0.3 is 14.8 Å². The van der Waals surface area contributed by atoms with Gasteiger partial charge in [0, 0.05) is 23.7 Å². The lowest BCUT2D eigenvalue weighted by Gasteiger charge is -2.11. The van der Waals surface area contributed by atoms with Crippen molar-refractivity contribution in [1.82, 2.24) is 10.3 Å². The maximum atomic E-state index is 12.3. The van der Waals surface area contributed by atoms with Crippen LogP contribution in [0.15, 0.2) is 54.7 Å². The van der Waals surface area contributed by atoms with Crippen molar-refractivity contribution >= 4 is 16.8 Å². The van der Waals surface area contributed by atoms with Gasteiger partial charge in [-0.15, -0.1) is 0 Å². The number of fused-ring (bicyclic) bond motifs is 1. The van der Waals surface area contributed by atoms with E-state index < -0.39 is 0 Å². The zero-order chi connectivity index (χ0) is 18.4. The van der Waals surface area contributed by atoms with Crippen molar-refractivity contribution in [2.45, 2.75) is 12.8 Å². The average Bonchev–Trinajstić information content (AvgIpc) is 2.68. The second kappa shape index (κ2) is 8.34. The van der Waals surface area contributed by atoms with Crippen molar-refractivity contribution < 1.29 is 14.3 Å². The molecule has 0 fully saturated rings. The molecule has 26 heavy (non-hydrogen) atoms. The van der Waals surface area contributed by atoms with Crippen LogP contribution in [-0.2, 0) is 17.6 Å². The number of nitrogens with zero attached hydrogens (tertiary/aromatic N) is 1. The maximum absolute atomic E-state index is 12.3. The van der Waals surface area contributed by atoms with E-state index in [4.69, 9.17) is 9.47 Å². The van der Waals surface area contributed by atoms with Crippen LogP contribution in [0.5, 0.6) is 11.5 Å². The maximum Gasteiger partial charge on any atom is 0.224 e. The predicted molar refractivity (Wildman–Crippen MR) is 102 cm³/mol. The minimum atomic E-state index is -0.0512. The summed E-state index contributed by atoms with van der Waals surface area (Å²) in [6.07, 6.45) is 2.77. The standard InChI is InChI=1S/C21H22N2O3/c1-25-18-8-9-19(26-2)17(13-18)14-20(24)22-12-10-16-6-3-5-15-7-4-11-23-21(15)16/h3-9,11,13H,10,12,14H2,1-2H3,(H,22,24). The van der Waals surface area contributed by atoms with Gasteiger partial charge in [0.05, 0.1) is 26.2 Å². The summed E-state index contributed by atoms with van der Waals surface area (Å²) in [6, 6.07) is 15.5. The lowest BCUT2D eigenvalue weighted by Crippen LogP contribution is -2.27. The molecule has 0 bridgehead atoms. The summed E-state index contributed by atoms with van der Waals surface area (Å²) in [5, 5.41) is 4.08. The normalized spacial score (nSPS) is 10.5. The third-order valence-corrected chi connectivity index (χ3v) is 4.27. The van der Waals surface area contributed by atoms with Crippen LogP contribution in [0.1, 0.15) is 11.1 Å². The van der Waals surface area contributed by atoms with E-state index in [1.807, 2.05) is 48.5 Å². The van der Waals surface area contributed by atoms with Gasteiger partial charge in [-0.05, 0) is 36.2 Å². The Hall–Kier alpha value is -3.08. The van der Waals surface area contributed by atoms with E-state index >= 15 is 0 Å². The number of aromatic nitrogens is 1. The molecule has 0 aliphatic rings. The highest BCUT2D eigenvalue weighted by Gasteiger charge is 2.10. The highest BCUT2D eigenvalue weighted by Crippen LogP contribution is 2.24. The van der Waals surface area contributed by atoms with Crippen LogP contribution in [0.3, 0.4) is 0 Å². The molecule has 0 radical (unpaired) electrons. The molecule has 0 saturated carbocycles. The largest absolute Gasteiger partial charge is 0.497 e. The molecule has 1 amide bonds. The molecule has 0 spiro atoms. The fourth-order valence-corrected chi connectivity index (χ4v) is 2.96. The Morgan fingerprint density at radius 1 is 1.04 bits per heavy atom. The number of hydrogen-bond acceptors (Lipinski definition) is 4. The summed E-state index contributed by atoms with van der Waals surface area (Å²) in [7, 11) is 3.20. The monoisotopic (exact) mass is 350 g/mol. The lowest BCUT2D eigenvalue weighted by molar-refractivity contribution is -0.120. The average molecular weight is 350 g/mol.